The molecule has 10 nitrogen and oxygen atoms in total. The Morgan fingerprint density at radius 3 is 2.56 bits per heavy atom. The summed E-state index contributed by atoms with van der Waals surface area (Å²) in [5.74, 6) is 1.52. The van der Waals surface area contributed by atoms with Crippen molar-refractivity contribution in [1.29, 1.82) is 0 Å². The number of halogens is 1. The molecule has 1 fully saturated rings. The molecule has 0 saturated carbocycles. The van der Waals surface area contributed by atoms with E-state index in [0.717, 1.165) is 35.9 Å². The van der Waals surface area contributed by atoms with Gasteiger partial charge in [0.15, 0.2) is 5.84 Å². The van der Waals surface area contributed by atoms with E-state index in [4.69, 9.17) is 9.47 Å². The molecule has 4 aromatic rings. The third-order valence-electron chi connectivity index (χ3n) is 6.47. The van der Waals surface area contributed by atoms with E-state index in [9.17, 15) is 4.39 Å². The molecular formula is C28H27FN8O2. The number of anilines is 4. The number of aromatic nitrogens is 3. The van der Waals surface area contributed by atoms with Crippen molar-refractivity contribution in [2.24, 2.45) is 4.99 Å². The topological polar surface area (TPSA) is 100 Å². The van der Waals surface area contributed by atoms with Crippen LogP contribution in [0.1, 0.15) is 5.69 Å². The van der Waals surface area contributed by atoms with Crippen LogP contribution in [0.25, 0.3) is 11.3 Å². The second-order valence-corrected chi connectivity index (χ2v) is 9.00. The Morgan fingerprint density at radius 1 is 0.923 bits per heavy atom. The van der Waals surface area contributed by atoms with Crippen molar-refractivity contribution < 1.29 is 13.9 Å². The van der Waals surface area contributed by atoms with E-state index in [-0.39, 0.29) is 5.82 Å². The fraction of sp³-hybridized carbons (Fsp3) is 0.214. The average molecular weight is 527 g/mol. The van der Waals surface area contributed by atoms with Crippen LogP contribution < -0.4 is 25.4 Å². The minimum Gasteiger partial charge on any atom is -0.497 e. The molecular weight excluding hydrogens is 499 g/mol. The van der Waals surface area contributed by atoms with Crippen LogP contribution in [0.5, 0.6) is 5.75 Å². The molecule has 2 aliphatic heterocycles. The van der Waals surface area contributed by atoms with Crippen molar-refractivity contribution in [1.82, 2.24) is 20.4 Å². The predicted octanol–water partition coefficient (Wildman–Crippen LogP) is 4.00. The first kappa shape index (κ1) is 24.6. The number of hydrogen-bond acceptors (Lipinski definition) is 10. The fourth-order valence-corrected chi connectivity index (χ4v) is 4.45. The Morgan fingerprint density at radius 2 is 1.74 bits per heavy atom. The van der Waals surface area contributed by atoms with Gasteiger partial charge in [0.05, 0.1) is 31.7 Å². The number of benzene rings is 2. The van der Waals surface area contributed by atoms with Crippen molar-refractivity contribution in [2.75, 3.05) is 55.3 Å². The summed E-state index contributed by atoms with van der Waals surface area (Å²) < 4.78 is 25.2. The smallest absolute Gasteiger partial charge is 0.227 e. The molecule has 0 atom stereocenters. The molecule has 198 valence electrons. The van der Waals surface area contributed by atoms with Crippen LogP contribution in [0.4, 0.5) is 27.4 Å². The van der Waals surface area contributed by atoms with Gasteiger partial charge < -0.3 is 19.7 Å². The first-order valence-corrected chi connectivity index (χ1v) is 12.6. The quantitative estimate of drug-likeness (QED) is 0.370. The van der Waals surface area contributed by atoms with Gasteiger partial charge in [-0.3, -0.25) is 15.4 Å². The van der Waals surface area contributed by atoms with Gasteiger partial charge in [0, 0.05) is 48.5 Å². The molecule has 11 heteroatoms. The van der Waals surface area contributed by atoms with E-state index >= 15 is 0 Å². The van der Waals surface area contributed by atoms with Gasteiger partial charge in [-0.1, -0.05) is 0 Å². The Kier molecular flexibility index (Phi) is 6.88. The highest BCUT2D eigenvalue weighted by Gasteiger charge is 2.18. The lowest BCUT2D eigenvalue weighted by Gasteiger charge is -2.29. The third-order valence-corrected chi connectivity index (χ3v) is 6.47. The first-order chi connectivity index (χ1) is 19.1. The summed E-state index contributed by atoms with van der Waals surface area (Å²) in [6.07, 6.45) is 3.36. The number of rotatable bonds is 7. The number of ether oxygens (including phenoxy) is 2. The first-order valence-electron chi connectivity index (χ1n) is 12.6. The minimum absolute atomic E-state index is 0.303. The second-order valence-electron chi connectivity index (χ2n) is 9.00. The molecule has 39 heavy (non-hydrogen) atoms. The summed E-state index contributed by atoms with van der Waals surface area (Å²) in [6.45, 7) is 3.18. The van der Waals surface area contributed by atoms with Crippen LogP contribution in [0.15, 0.2) is 78.0 Å². The van der Waals surface area contributed by atoms with Gasteiger partial charge in [-0.25, -0.2) is 19.4 Å². The zero-order valence-corrected chi connectivity index (χ0v) is 21.3. The lowest BCUT2D eigenvalue weighted by atomic mass is 10.1. The van der Waals surface area contributed by atoms with Crippen molar-refractivity contribution in [3.63, 3.8) is 0 Å². The van der Waals surface area contributed by atoms with E-state index < -0.39 is 0 Å². The number of amidine groups is 1. The monoisotopic (exact) mass is 526 g/mol. The molecule has 2 aromatic carbocycles. The zero-order valence-electron chi connectivity index (χ0n) is 21.3. The summed E-state index contributed by atoms with van der Waals surface area (Å²) >= 11 is 0. The summed E-state index contributed by atoms with van der Waals surface area (Å²) in [6, 6.07) is 18.2. The molecule has 0 spiro atoms. The van der Waals surface area contributed by atoms with Crippen LogP contribution in [0.2, 0.25) is 0 Å². The molecule has 1 saturated heterocycles. The van der Waals surface area contributed by atoms with Crippen LogP contribution in [0.3, 0.4) is 0 Å². The van der Waals surface area contributed by atoms with Crippen molar-refractivity contribution in [3.8, 4) is 17.0 Å². The van der Waals surface area contributed by atoms with Crippen molar-refractivity contribution >= 4 is 28.8 Å². The van der Waals surface area contributed by atoms with E-state index in [1.807, 2.05) is 41.4 Å². The molecule has 0 aliphatic carbocycles. The molecule has 0 bridgehead atoms. The number of pyridine rings is 1. The third kappa shape index (κ3) is 5.58. The standard InChI is InChI=1S/C28H27FN8O2/c1-38-24-6-8-30-26(17-24)27-32-18-37(35-27)22-4-2-21(3-5-22)33-28-31-9-7-25(34-28)19-14-20(29)16-23(15-19)36-10-12-39-13-11-36/h2-9,14-17H,10-13,18H2,1H3,(H,32,35)(H,31,33,34). The number of nitrogens with one attached hydrogen (secondary N) is 2. The summed E-state index contributed by atoms with van der Waals surface area (Å²) in [5.41, 5.74) is 7.90. The molecule has 2 aromatic heterocycles. The maximum atomic E-state index is 14.5. The molecule has 6 rings (SSSR count). The zero-order chi connectivity index (χ0) is 26.6. The van der Waals surface area contributed by atoms with Crippen molar-refractivity contribution in [3.05, 3.63) is 84.6 Å². The van der Waals surface area contributed by atoms with Gasteiger partial charge >= 0.3 is 0 Å². The molecule has 4 heterocycles. The highest BCUT2D eigenvalue weighted by Crippen LogP contribution is 2.27. The number of aliphatic imine (C=N–C) groups is 1. The number of nitrogens with zero attached hydrogens (tertiary/aromatic N) is 6. The largest absolute Gasteiger partial charge is 0.497 e. The lowest BCUT2D eigenvalue weighted by molar-refractivity contribution is 0.122. The van der Waals surface area contributed by atoms with E-state index in [0.29, 0.717) is 48.6 Å². The van der Waals surface area contributed by atoms with Gasteiger partial charge in [0.2, 0.25) is 5.95 Å². The Hall–Kier alpha value is -4.77. The van der Waals surface area contributed by atoms with Crippen LogP contribution >= 0.6 is 0 Å². The van der Waals surface area contributed by atoms with Gasteiger partial charge in [-0.05, 0) is 54.6 Å². The molecule has 0 radical (unpaired) electrons. The summed E-state index contributed by atoms with van der Waals surface area (Å²) in [5, 5.41) is 5.16. The second kappa shape index (κ2) is 10.9. The Balaban J connectivity index is 1.13. The predicted molar refractivity (Wildman–Crippen MR) is 148 cm³/mol. The fourth-order valence-electron chi connectivity index (χ4n) is 4.45. The van der Waals surface area contributed by atoms with Crippen LogP contribution in [-0.4, -0.2) is 60.9 Å². The molecule has 0 unspecified atom stereocenters. The van der Waals surface area contributed by atoms with E-state index in [1.54, 1.807) is 37.7 Å². The maximum Gasteiger partial charge on any atom is 0.227 e. The van der Waals surface area contributed by atoms with Crippen LogP contribution in [0, 0.1) is 5.82 Å². The SMILES string of the molecule is COc1ccnc(C2=NCN(c3ccc(Nc4nccc(-c5cc(F)cc(N6CCOCC6)c5)n4)cc3)N2)c1. The van der Waals surface area contributed by atoms with E-state index in [1.165, 1.54) is 6.07 Å². The lowest BCUT2D eigenvalue weighted by Crippen LogP contribution is -2.36. The highest BCUT2D eigenvalue weighted by atomic mass is 19.1. The molecule has 2 N–H and O–H groups in total. The average Bonchev–Trinajstić information content (AvgIpc) is 3.48. The summed E-state index contributed by atoms with van der Waals surface area (Å²) in [7, 11) is 1.62. The van der Waals surface area contributed by atoms with Crippen LogP contribution in [-0.2, 0) is 4.74 Å². The number of morpholine rings is 1. The number of hydrogen-bond donors (Lipinski definition) is 2. The normalized spacial score (nSPS) is 15.1. The molecule has 2 aliphatic rings. The van der Waals surface area contributed by atoms with Gasteiger partial charge in [-0.2, -0.15) is 0 Å². The van der Waals surface area contributed by atoms with Gasteiger partial charge in [-0.15, -0.1) is 0 Å². The summed E-state index contributed by atoms with van der Waals surface area (Å²) in [4.78, 5) is 20.0. The highest BCUT2D eigenvalue weighted by molar-refractivity contribution is 5.99. The number of hydrazine groups is 1. The molecule has 0 amide bonds. The maximum absolute atomic E-state index is 14.5. The Bertz CT molecular complexity index is 1490. The van der Waals surface area contributed by atoms with Crippen molar-refractivity contribution in [2.45, 2.75) is 0 Å². The Labute approximate surface area is 225 Å². The minimum atomic E-state index is -0.303. The number of methoxy groups -OCH3 is 1. The van der Waals surface area contributed by atoms with Gasteiger partial charge in [0.25, 0.3) is 0 Å². The van der Waals surface area contributed by atoms with E-state index in [2.05, 4.69) is 35.6 Å². The van der Waals surface area contributed by atoms with Gasteiger partial charge in [0.1, 0.15) is 23.9 Å².